The van der Waals surface area contributed by atoms with Crippen LogP contribution in [0.5, 0.6) is 0 Å². The summed E-state index contributed by atoms with van der Waals surface area (Å²) in [7, 11) is 0. The van der Waals surface area contributed by atoms with E-state index >= 15 is 0 Å². The van der Waals surface area contributed by atoms with Gasteiger partial charge in [-0.3, -0.25) is 4.90 Å². The Morgan fingerprint density at radius 3 is 3.27 bits per heavy atom. The molecule has 0 bridgehead atoms. The number of anilines is 1. The van der Waals surface area contributed by atoms with E-state index in [-0.39, 0.29) is 0 Å². The van der Waals surface area contributed by atoms with E-state index in [1.165, 1.54) is 11.5 Å². The Morgan fingerprint density at radius 1 is 1.47 bits per heavy atom. The highest BCUT2D eigenvalue weighted by atomic mass is 32.1. The SMILES string of the molecule is NNc1snnc1CN1CCCOCC1. The molecule has 15 heavy (non-hydrogen) atoms. The summed E-state index contributed by atoms with van der Waals surface area (Å²) in [5, 5.41) is 4.90. The second kappa shape index (κ2) is 5.36. The fourth-order valence-electron chi connectivity index (χ4n) is 1.59. The van der Waals surface area contributed by atoms with E-state index in [1.807, 2.05) is 0 Å². The first-order valence-electron chi connectivity index (χ1n) is 4.98. The molecule has 3 N–H and O–H groups in total. The number of aromatic nitrogens is 2. The zero-order valence-electron chi connectivity index (χ0n) is 8.48. The summed E-state index contributed by atoms with van der Waals surface area (Å²) in [4.78, 5) is 2.31. The fourth-order valence-corrected chi connectivity index (χ4v) is 2.07. The van der Waals surface area contributed by atoms with Crippen molar-refractivity contribution < 1.29 is 4.74 Å². The van der Waals surface area contributed by atoms with Gasteiger partial charge in [0.15, 0.2) is 0 Å². The van der Waals surface area contributed by atoms with Gasteiger partial charge in [-0.2, -0.15) is 0 Å². The van der Waals surface area contributed by atoms with Gasteiger partial charge in [0, 0.05) is 37.8 Å². The molecule has 0 unspecified atom stereocenters. The fraction of sp³-hybridized carbons (Fsp3) is 0.750. The van der Waals surface area contributed by atoms with Crippen LogP contribution in [0.25, 0.3) is 0 Å². The molecule has 0 atom stereocenters. The second-order valence-corrected chi connectivity index (χ2v) is 4.19. The molecule has 0 aromatic carbocycles. The van der Waals surface area contributed by atoms with Crippen molar-refractivity contribution in [2.45, 2.75) is 13.0 Å². The van der Waals surface area contributed by atoms with Gasteiger partial charge in [-0.15, -0.1) is 5.10 Å². The third kappa shape index (κ3) is 2.85. The normalized spacial score (nSPS) is 18.7. The average Bonchev–Trinajstić information content (AvgIpc) is 2.53. The monoisotopic (exact) mass is 229 g/mol. The zero-order chi connectivity index (χ0) is 10.5. The van der Waals surface area contributed by atoms with Crippen LogP contribution in [-0.4, -0.2) is 40.8 Å². The van der Waals surface area contributed by atoms with Gasteiger partial charge in [-0.1, -0.05) is 4.49 Å². The minimum atomic E-state index is 0.791. The van der Waals surface area contributed by atoms with Crippen LogP contribution in [0.2, 0.25) is 0 Å². The average molecular weight is 229 g/mol. The standard InChI is InChI=1S/C8H15N5OS/c9-10-8-7(11-12-15-8)6-13-2-1-4-14-5-3-13/h10H,1-6,9H2. The van der Waals surface area contributed by atoms with Gasteiger partial charge in [0.1, 0.15) is 10.7 Å². The third-order valence-corrected chi connectivity index (χ3v) is 3.07. The third-order valence-electron chi connectivity index (χ3n) is 2.38. The van der Waals surface area contributed by atoms with Crippen LogP contribution in [0, 0.1) is 0 Å². The van der Waals surface area contributed by atoms with Crippen LogP contribution in [0.4, 0.5) is 5.00 Å². The Labute approximate surface area is 92.5 Å². The Hall–Kier alpha value is -0.760. The highest BCUT2D eigenvalue weighted by Crippen LogP contribution is 2.18. The Balaban J connectivity index is 1.94. The molecule has 1 fully saturated rings. The molecule has 0 aliphatic carbocycles. The maximum atomic E-state index is 5.39. The zero-order valence-corrected chi connectivity index (χ0v) is 9.29. The summed E-state index contributed by atoms with van der Waals surface area (Å²) in [6.45, 7) is 4.43. The lowest BCUT2D eigenvalue weighted by atomic mass is 10.3. The summed E-state index contributed by atoms with van der Waals surface area (Å²) in [5.74, 6) is 5.37. The summed E-state index contributed by atoms with van der Waals surface area (Å²) in [6, 6.07) is 0. The van der Waals surface area contributed by atoms with Crippen LogP contribution < -0.4 is 11.3 Å². The van der Waals surface area contributed by atoms with E-state index in [9.17, 15) is 0 Å². The molecule has 7 heteroatoms. The van der Waals surface area contributed by atoms with Crippen molar-refractivity contribution in [1.82, 2.24) is 14.5 Å². The van der Waals surface area contributed by atoms with E-state index in [0.717, 1.165) is 50.0 Å². The molecule has 2 rings (SSSR count). The number of rotatable bonds is 3. The van der Waals surface area contributed by atoms with Crippen LogP contribution >= 0.6 is 11.5 Å². The van der Waals surface area contributed by atoms with Gasteiger partial charge in [0.05, 0.1) is 6.61 Å². The van der Waals surface area contributed by atoms with Crippen molar-refractivity contribution in [1.29, 1.82) is 0 Å². The number of ether oxygens (including phenoxy) is 1. The number of nitrogens with two attached hydrogens (primary N) is 1. The number of nitrogens with zero attached hydrogens (tertiary/aromatic N) is 3. The van der Waals surface area contributed by atoms with Crippen molar-refractivity contribution in [2.24, 2.45) is 5.84 Å². The highest BCUT2D eigenvalue weighted by Gasteiger charge is 2.14. The quantitative estimate of drug-likeness (QED) is 0.563. The molecule has 1 aliphatic rings. The Morgan fingerprint density at radius 2 is 2.40 bits per heavy atom. The predicted octanol–water partition coefficient (Wildman–Crippen LogP) is 0.0460. The number of nitrogens with one attached hydrogen (secondary N) is 1. The van der Waals surface area contributed by atoms with E-state index in [0.29, 0.717) is 0 Å². The molecule has 84 valence electrons. The maximum Gasteiger partial charge on any atom is 0.148 e. The molecular formula is C8H15N5OS. The summed E-state index contributed by atoms with van der Waals surface area (Å²) in [5.41, 5.74) is 3.54. The molecule has 6 nitrogen and oxygen atoms in total. The first-order valence-corrected chi connectivity index (χ1v) is 5.75. The lowest BCUT2D eigenvalue weighted by Gasteiger charge is -2.17. The van der Waals surface area contributed by atoms with Crippen molar-refractivity contribution >= 4 is 16.5 Å². The van der Waals surface area contributed by atoms with Crippen molar-refractivity contribution in [3.05, 3.63) is 5.69 Å². The minimum Gasteiger partial charge on any atom is -0.380 e. The number of hydrogen-bond donors (Lipinski definition) is 2. The largest absolute Gasteiger partial charge is 0.380 e. The van der Waals surface area contributed by atoms with Gasteiger partial charge in [0.2, 0.25) is 0 Å². The molecule has 0 radical (unpaired) electrons. The summed E-state index contributed by atoms with van der Waals surface area (Å²) < 4.78 is 9.26. The number of hydrazine groups is 1. The Kier molecular flexibility index (Phi) is 3.84. The molecule has 1 aromatic rings. The van der Waals surface area contributed by atoms with Crippen molar-refractivity contribution in [3.63, 3.8) is 0 Å². The van der Waals surface area contributed by atoms with Crippen LogP contribution in [0.15, 0.2) is 0 Å². The molecule has 1 aromatic heterocycles. The topological polar surface area (TPSA) is 76.3 Å². The van der Waals surface area contributed by atoms with Crippen LogP contribution in [-0.2, 0) is 11.3 Å². The molecular weight excluding hydrogens is 214 g/mol. The lowest BCUT2D eigenvalue weighted by Crippen LogP contribution is -2.26. The lowest BCUT2D eigenvalue weighted by molar-refractivity contribution is 0.140. The molecule has 0 saturated carbocycles. The molecule has 1 saturated heterocycles. The van der Waals surface area contributed by atoms with Gasteiger partial charge in [-0.05, 0) is 6.42 Å². The molecule has 0 spiro atoms. The van der Waals surface area contributed by atoms with E-state index < -0.39 is 0 Å². The maximum absolute atomic E-state index is 5.39. The molecule has 2 heterocycles. The molecule has 1 aliphatic heterocycles. The summed E-state index contributed by atoms with van der Waals surface area (Å²) in [6.07, 6.45) is 1.07. The number of hydrogen-bond acceptors (Lipinski definition) is 7. The second-order valence-electron chi connectivity index (χ2n) is 3.44. The van der Waals surface area contributed by atoms with Gasteiger partial charge < -0.3 is 10.2 Å². The Bertz CT molecular complexity index is 297. The molecule has 0 amide bonds. The minimum absolute atomic E-state index is 0.791. The van der Waals surface area contributed by atoms with Crippen molar-refractivity contribution in [3.8, 4) is 0 Å². The summed E-state index contributed by atoms with van der Waals surface area (Å²) >= 11 is 1.29. The first kappa shape index (κ1) is 10.7. The van der Waals surface area contributed by atoms with Crippen LogP contribution in [0.3, 0.4) is 0 Å². The smallest absolute Gasteiger partial charge is 0.148 e. The first-order chi connectivity index (χ1) is 7.40. The van der Waals surface area contributed by atoms with Gasteiger partial charge in [0.25, 0.3) is 0 Å². The predicted molar refractivity (Wildman–Crippen MR) is 58.4 cm³/mol. The van der Waals surface area contributed by atoms with Gasteiger partial charge in [-0.25, -0.2) is 5.84 Å². The van der Waals surface area contributed by atoms with Gasteiger partial charge >= 0.3 is 0 Å². The van der Waals surface area contributed by atoms with Crippen molar-refractivity contribution in [2.75, 3.05) is 31.7 Å². The highest BCUT2D eigenvalue weighted by molar-refractivity contribution is 7.10. The van der Waals surface area contributed by atoms with E-state index in [4.69, 9.17) is 10.6 Å². The van der Waals surface area contributed by atoms with E-state index in [1.54, 1.807) is 0 Å². The van der Waals surface area contributed by atoms with Crippen LogP contribution in [0.1, 0.15) is 12.1 Å². The van der Waals surface area contributed by atoms with E-state index in [2.05, 4.69) is 19.9 Å². The number of nitrogen functional groups attached to an aromatic ring is 1.